The van der Waals surface area contributed by atoms with E-state index in [0.29, 0.717) is 13.0 Å². The van der Waals surface area contributed by atoms with Crippen molar-refractivity contribution in [1.29, 1.82) is 0 Å². The summed E-state index contributed by atoms with van der Waals surface area (Å²) in [5.74, 6) is 0.0426. The Labute approximate surface area is 224 Å². The number of nitrogens with one attached hydrogen (secondary N) is 1. The second kappa shape index (κ2) is 11.8. The summed E-state index contributed by atoms with van der Waals surface area (Å²) in [4.78, 5) is 20.9. The third-order valence-corrected chi connectivity index (χ3v) is 6.10. The van der Waals surface area contributed by atoms with Crippen LogP contribution >= 0.6 is 0 Å². The molecule has 4 aromatic rings. The van der Waals surface area contributed by atoms with E-state index in [9.17, 15) is 4.79 Å². The number of carbonyl (C=O) groups excluding carboxylic acids is 1. The predicted octanol–water partition coefficient (Wildman–Crippen LogP) is 5.50. The molecule has 4 rings (SSSR count). The van der Waals surface area contributed by atoms with Gasteiger partial charge in [0.15, 0.2) is 5.96 Å². The Morgan fingerprint density at radius 3 is 1.87 bits per heavy atom. The lowest BCUT2D eigenvalue weighted by molar-refractivity contribution is 0.0562. The smallest absolute Gasteiger partial charge is 0.414 e. The van der Waals surface area contributed by atoms with Gasteiger partial charge in [0.25, 0.3) is 0 Å². The summed E-state index contributed by atoms with van der Waals surface area (Å²) in [5.41, 5.74) is 9.04. The first-order valence-corrected chi connectivity index (χ1v) is 12.8. The molecule has 3 N–H and O–H groups in total. The predicted molar refractivity (Wildman–Crippen MR) is 151 cm³/mol. The van der Waals surface area contributed by atoms with Crippen molar-refractivity contribution in [3.05, 3.63) is 126 Å². The number of hydrogen-bond acceptors (Lipinski definition) is 4. The fraction of sp³-hybridized carbons (Fsp3) is 0.258. The van der Waals surface area contributed by atoms with Gasteiger partial charge in [-0.15, -0.1) is 0 Å². The molecule has 0 atom stereocenters. The number of aliphatic imine (C=N–C) groups is 1. The summed E-state index contributed by atoms with van der Waals surface area (Å²) < 4.78 is 7.40. The Bertz CT molecular complexity index is 1250. The Balaban J connectivity index is 1.58. The second-order valence-corrected chi connectivity index (χ2v) is 10.1. The molecule has 0 radical (unpaired) electrons. The normalized spacial score (nSPS) is 12.2. The Hall–Kier alpha value is -4.39. The molecule has 1 aromatic heterocycles. The molecule has 3 aromatic carbocycles. The van der Waals surface area contributed by atoms with Crippen LogP contribution in [0.2, 0.25) is 0 Å². The molecule has 0 saturated heterocycles. The van der Waals surface area contributed by atoms with Crippen molar-refractivity contribution in [3.8, 4) is 0 Å². The van der Waals surface area contributed by atoms with E-state index in [1.165, 1.54) is 0 Å². The SMILES string of the molecule is CC(C)(C)OC(=O)NC(N)=NCCCc1cn(C(c2ccccc2)(c2ccccc2)c2ccccc2)cn1. The van der Waals surface area contributed by atoms with Gasteiger partial charge < -0.3 is 15.0 Å². The number of rotatable bonds is 8. The minimum atomic E-state index is -0.614. The summed E-state index contributed by atoms with van der Waals surface area (Å²) in [5, 5.41) is 2.46. The van der Waals surface area contributed by atoms with Crippen molar-refractivity contribution in [2.45, 2.75) is 44.8 Å². The van der Waals surface area contributed by atoms with Crippen molar-refractivity contribution in [1.82, 2.24) is 14.9 Å². The lowest BCUT2D eigenvalue weighted by Crippen LogP contribution is -2.40. The van der Waals surface area contributed by atoms with E-state index in [1.807, 2.05) is 24.5 Å². The highest BCUT2D eigenvalue weighted by Crippen LogP contribution is 2.40. The number of hydrogen-bond donors (Lipinski definition) is 2. The monoisotopic (exact) mass is 509 g/mol. The average Bonchev–Trinajstić information content (AvgIpc) is 3.37. The molecule has 0 unspecified atom stereocenters. The molecular formula is C31H35N5O2. The zero-order valence-corrected chi connectivity index (χ0v) is 22.2. The molecule has 0 saturated carbocycles. The fourth-order valence-electron chi connectivity index (χ4n) is 4.57. The van der Waals surface area contributed by atoms with Gasteiger partial charge in [-0.25, -0.2) is 9.78 Å². The van der Waals surface area contributed by atoms with E-state index in [0.717, 1.165) is 28.8 Å². The zero-order chi connectivity index (χ0) is 27.0. The molecule has 0 spiro atoms. The topological polar surface area (TPSA) is 94.5 Å². The van der Waals surface area contributed by atoms with Crippen LogP contribution in [0.1, 0.15) is 49.6 Å². The molecular weight excluding hydrogens is 474 g/mol. The summed E-state index contributed by atoms with van der Waals surface area (Å²) in [6.45, 7) is 5.83. The van der Waals surface area contributed by atoms with Crippen LogP contribution in [0.5, 0.6) is 0 Å². The zero-order valence-electron chi connectivity index (χ0n) is 22.2. The molecule has 0 aliphatic carbocycles. The van der Waals surface area contributed by atoms with E-state index in [-0.39, 0.29) is 5.96 Å². The van der Waals surface area contributed by atoms with Crippen molar-refractivity contribution in [2.24, 2.45) is 10.7 Å². The number of benzene rings is 3. The highest BCUT2D eigenvalue weighted by atomic mass is 16.6. The Morgan fingerprint density at radius 2 is 1.39 bits per heavy atom. The van der Waals surface area contributed by atoms with Crippen LogP contribution in [0.25, 0.3) is 0 Å². The van der Waals surface area contributed by atoms with Gasteiger partial charge in [0.1, 0.15) is 11.1 Å². The number of aromatic nitrogens is 2. The molecule has 0 bridgehead atoms. The van der Waals surface area contributed by atoms with Crippen LogP contribution in [-0.2, 0) is 16.7 Å². The van der Waals surface area contributed by atoms with Crippen molar-refractivity contribution in [2.75, 3.05) is 6.54 Å². The highest BCUT2D eigenvalue weighted by molar-refractivity contribution is 5.92. The summed E-state index contributed by atoms with van der Waals surface area (Å²) in [6.07, 6.45) is 4.84. The second-order valence-electron chi connectivity index (χ2n) is 10.1. The van der Waals surface area contributed by atoms with Gasteiger partial charge in [-0.2, -0.15) is 0 Å². The lowest BCUT2D eigenvalue weighted by Gasteiger charge is -2.37. The van der Waals surface area contributed by atoms with Gasteiger partial charge >= 0.3 is 6.09 Å². The standard InChI is InChI=1S/C31H35N5O2/c1-30(2,3)38-29(37)35-28(32)33-21-13-20-27-22-36(23-34-27)31(24-14-7-4-8-15-24,25-16-9-5-10-17-25)26-18-11-6-12-19-26/h4-12,14-19,22-23H,13,20-21H2,1-3H3,(H3,32,33,35,37). The summed E-state index contributed by atoms with van der Waals surface area (Å²) in [7, 11) is 0. The third kappa shape index (κ3) is 6.29. The number of ether oxygens (including phenoxy) is 1. The molecule has 1 amide bonds. The van der Waals surface area contributed by atoms with Gasteiger partial charge in [-0.1, -0.05) is 91.0 Å². The number of nitrogens with zero attached hydrogens (tertiary/aromatic N) is 3. The molecule has 196 valence electrons. The number of guanidine groups is 1. The Kier molecular flexibility index (Phi) is 8.26. The van der Waals surface area contributed by atoms with E-state index in [2.05, 4.69) is 93.9 Å². The largest absolute Gasteiger partial charge is 0.444 e. The van der Waals surface area contributed by atoms with E-state index >= 15 is 0 Å². The number of amides is 1. The maximum absolute atomic E-state index is 11.9. The van der Waals surface area contributed by atoms with E-state index in [1.54, 1.807) is 20.8 Å². The fourth-order valence-corrected chi connectivity index (χ4v) is 4.57. The number of alkyl carbamates (subject to hydrolysis) is 1. The van der Waals surface area contributed by atoms with Gasteiger partial charge in [0, 0.05) is 12.7 Å². The number of aryl methyl sites for hydroxylation is 1. The first kappa shape index (κ1) is 26.7. The third-order valence-electron chi connectivity index (χ3n) is 6.10. The van der Waals surface area contributed by atoms with Crippen LogP contribution < -0.4 is 11.1 Å². The van der Waals surface area contributed by atoms with Crippen LogP contribution in [-0.4, -0.2) is 33.7 Å². The van der Waals surface area contributed by atoms with Crippen LogP contribution in [0.3, 0.4) is 0 Å². The molecule has 38 heavy (non-hydrogen) atoms. The van der Waals surface area contributed by atoms with Gasteiger partial charge in [0.2, 0.25) is 0 Å². The first-order valence-electron chi connectivity index (χ1n) is 12.8. The Morgan fingerprint density at radius 1 is 0.895 bits per heavy atom. The van der Waals surface area contributed by atoms with Crippen molar-refractivity contribution < 1.29 is 9.53 Å². The molecule has 7 nitrogen and oxygen atoms in total. The number of carbonyl (C=O) groups is 1. The van der Waals surface area contributed by atoms with Crippen molar-refractivity contribution in [3.63, 3.8) is 0 Å². The highest BCUT2D eigenvalue weighted by Gasteiger charge is 2.38. The van der Waals surface area contributed by atoms with Gasteiger partial charge in [-0.05, 0) is 50.3 Å². The quantitative estimate of drug-likeness (QED) is 0.142. The lowest BCUT2D eigenvalue weighted by atomic mass is 9.77. The molecule has 0 aliphatic heterocycles. The minimum absolute atomic E-state index is 0.0426. The summed E-state index contributed by atoms with van der Waals surface area (Å²) >= 11 is 0. The first-order chi connectivity index (χ1) is 18.3. The van der Waals surface area contributed by atoms with Crippen LogP contribution in [0, 0.1) is 0 Å². The van der Waals surface area contributed by atoms with Crippen LogP contribution in [0.4, 0.5) is 4.79 Å². The van der Waals surface area contributed by atoms with Crippen molar-refractivity contribution >= 4 is 12.1 Å². The number of nitrogens with two attached hydrogens (primary N) is 1. The maximum Gasteiger partial charge on any atom is 0.414 e. The van der Waals surface area contributed by atoms with Gasteiger partial charge in [-0.3, -0.25) is 10.3 Å². The maximum atomic E-state index is 11.9. The van der Waals surface area contributed by atoms with Crippen LogP contribution in [0.15, 0.2) is 109 Å². The van der Waals surface area contributed by atoms with E-state index < -0.39 is 17.2 Å². The molecule has 7 heteroatoms. The minimum Gasteiger partial charge on any atom is -0.444 e. The molecule has 0 aliphatic rings. The van der Waals surface area contributed by atoms with E-state index in [4.69, 9.17) is 15.5 Å². The average molecular weight is 510 g/mol. The number of imidazole rings is 1. The summed E-state index contributed by atoms with van der Waals surface area (Å²) in [6, 6.07) is 31.5. The molecule has 0 fully saturated rings. The molecule has 1 heterocycles. The van der Waals surface area contributed by atoms with Gasteiger partial charge in [0.05, 0.1) is 12.0 Å².